The number of nitrogens with zero attached hydrogens (tertiary/aromatic N) is 1. The monoisotopic (exact) mass is 218 g/mol. The van der Waals surface area contributed by atoms with E-state index in [1.54, 1.807) is 0 Å². The molecule has 0 aliphatic rings. The van der Waals surface area contributed by atoms with Gasteiger partial charge in [-0.1, -0.05) is 0 Å². The smallest absolute Gasteiger partial charge is 0.181 e. The molecule has 0 unspecified atom stereocenters. The van der Waals surface area contributed by atoms with Crippen LogP contribution in [-0.2, 0) is 6.54 Å². The molecule has 0 saturated carbocycles. The lowest BCUT2D eigenvalue weighted by Gasteiger charge is -2.03. The molecule has 2 aromatic rings. The standard InChI is InChI=1S/C12H14N2O2/c1-2-15-10-5-3-9(4-6-10)12-11(7-13)16-8-14-12/h3-6,8H,2,7,13H2,1H3. The zero-order chi connectivity index (χ0) is 11.4. The number of aromatic nitrogens is 1. The molecular weight excluding hydrogens is 204 g/mol. The van der Waals surface area contributed by atoms with Gasteiger partial charge in [-0.2, -0.15) is 0 Å². The number of ether oxygens (including phenoxy) is 1. The molecule has 1 aromatic carbocycles. The van der Waals surface area contributed by atoms with Gasteiger partial charge in [0.15, 0.2) is 6.39 Å². The van der Waals surface area contributed by atoms with E-state index in [0.29, 0.717) is 18.9 Å². The Bertz CT molecular complexity index is 448. The van der Waals surface area contributed by atoms with Crippen LogP contribution >= 0.6 is 0 Å². The molecule has 16 heavy (non-hydrogen) atoms. The maximum atomic E-state index is 5.55. The van der Waals surface area contributed by atoms with Gasteiger partial charge in [0.1, 0.15) is 17.2 Å². The molecule has 0 radical (unpaired) electrons. The summed E-state index contributed by atoms with van der Waals surface area (Å²) in [6.07, 6.45) is 1.41. The summed E-state index contributed by atoms with van der Waals surface area (Å²) in [4.78, 5) is 4.15. The first kappa shape index (κ1) is 10.7. The van der Waals surface area contributed by atoms with Gasteiger partial charge >= 0.3 is 0 Å². The van der Waals surface area contributed by atoms with Gasteiger partial charge in [0.2, 0.25) is 0 Å². The molecule has 4 heteroatoms. The van der Waals surface area contributed by atoms with E-state index in [-0.39, 0.29) is 0 Å². The molecule has 0 spiro atoms. The van der Waals surface area contributed by atoms with Crippen LogP contribution < -0.4 is 10.5 Å². The molecular formula is C12H14N2O2. The quantitative estimate of drug-likeness (QED) is 0.854. The molecule has 0 amide bonds. The van der Waals surface area contributed by atoms with Gasteiger partial charge in [-0.25, -0.2) is 4.98 Å². The number of benzene rings is 1. The fraction of sp³-hybridized carbons (Fsp3) is 0.250. The van der Waals surface area contributed by atoms with Crippen LogP contribution in [0.2, 0.25) is 0 Å². The van der Waals surface area contributed by atoms with E-state index < -0.39 is 0 Å². The number of hydrogen-bond acceptors (Lipinski definition) is 4. The molecule has 1 heterocycles. The van der Waals surface area contributed by atoms with Crippen molar-refractivity contribution in [3.63, 3.8) is 0 Å². The molecule has 84 valence electrons. The summed E-state index contributed by atoms with van der Waals surface area (Å²) in [5.74, 6) is 1.55. The lowest BCUT2D eigenvalue weighted by atomic mass is 10.1. The van der Waals surface area contributed by atoms with E-state index in [1.807, 2.05) is 31.2 Å². The summed E-state index contributed by atoms with van der Waals surface area (Å²) in [7, 11) is 0. The van der Waals surface area contributed by atoms with E-state index in [2.05, 4.69) is 4.98 Å². The molecule has 0 saturated heterocycles. The minimum absolute atomic E-state index is 0.350. The van der Waals surface area contributed by atoms with Crippen molar-refractivity contribution < 1.29 is 9.15 Å². The third kappa shape index (κ3) is 2.06. The van der Waals surface area contributed by atoms with Crippen molar-refractivity contribution >= 4 is 0 Å². The molecule has 0 aliphatic carbocycles. The number of nitrogens with two attached hydrogens (primary N) is 1. The van der Waals surface area contributed by atoms with Gasteiger partial charge in [-0.15, -0.1) is 0 Å². The third-order valence-electron chi connectivity index (χ3n) is 2.27. The van der Waals surface area contributed by atoms with Gasteiger partial charge in [-0.05, 0) is 31.2 Å². The normalized spacial score (nSPS) is 10.4. The largest absolute Gasteiger partial charge is 0.494 e. The minimum atomic E-state index is 0.350. The average Bonchev–Trinajstić information content (AvgIpc) is 2.78. The molecule has 0 aliphatic heterocycles. The first-order valence-corrected chi connectivity index (χ1v) is 5.20. The van der Waals surface area contributed by atoms with Crippen LogP contribution in [0.1, 0.15) is 12.7 Å². The summed E-state index contributed by atoms with van der Waals surface area (Å²) in [6, 6.07) is 7.71. The van der Waals surface area contributed by atoms with Crippen molar-refractivity contribution in [2.45, 2.75) is 13.5 Å². The van der Waals surface area contributed by atoms with Crippen molar-refractivity contribution in [1.82, 2.24) is 4.98 Å². The van der Waals surface area contributed by atoms with Crippen LogP contribution in [0.5, 0.6) is 5.75 Å². The van der Waals surface area contributed by atoms with Crippen molar-refractivity contribution in [3.8, 4) is 17.0 Å². The molecule has 2 rings (SSSR count). The highest BCUT2D eigenvalue weighted by atomic mass is 16.5. The Morgan fingerprint density at radius 2 is 2.06 bits per heavy atom. The lowest BCUT2D eigenvalue weighted by molar-refractivity contribution is 0.340. The molecule has 0 atom stereocenters. The van der Waals surface area contributed by atoms with E-state index in [9.17, 15) is 0 Å². The van der Waals surface area contributed by atoms with Crippen LogP contribution in [0.4, 0.5) is 0 Å². The third-order valence-corrected chi connectivity index (χ3v) is 2.27. The predicted molar refractivity (Wildman–Crippen MR) is 61.0 cm³/mol. The fourth-order valence-corrected chi connectivity index (χ4v) is 1.53. The zero-order valence-electron chi connectivity index (χ0n) is 9.14. The molecule has 2 N–H and O–H groups in total. The average molecular weight is 218 g/mol. The first-order valence-electron chi connectivity index (χ1n) is 5.20. The molecule has 4 nitrogen and oxygen atoms in total. The van der Waals surface area contributed by atoms with Gasteiger partial charge in [0.05, 0.1) is 13.2 Å². The van der Waals surface area contributed by atoms with Crippen molar-refractivity contribution in [1.29, 1.82) is 0 Å². The zero-order valence-corrected chi connectivity index (χ0v) is 9.14. The van der Waals surface area contributed by atoms with Gasteiger partial charge in [0, 0.05) is 5.56 Å². The first-order chi connectivity index (χ1) is 7.85. The highest BCUT2D eigenvalue weighted by molar-refractivity contribution is 5.61. The Hall–Kier alpha value is -1.81. The van der Waals surface area contributed by atoms with Crippen LogP contribution in [0.25, 0.3) is 11.3 Å². The second-order valence-electron chi connectivity index (χ2n) is 3.29. The number of hydrogen-bond donors (Lipinski definition) is 1. The van der Waals surface area contributed by atoms with E-state index in [4.69, 9.17) is 14.9 Å². The van der Waals surface area contributed by atoms with Crippen LogP contribution in [0.15, 0.2) is 35.1 Å². The van der Waals surface area contributed by atoms with Gasteiger partial charge in [-0.3, -0.25) is 0 Å². The predicted octanol–water partition coefficient (Wildman–Crippen LogP) is 2.20. The molecule has 0 fully saturated rings. The van der Waals surface area contributed by atoms with Crippen LogP contribution in [-0.4, -0.2) is 11.6 Å². The van der Waals surface area contributed by atoms with Gasteiger partial charge < -0.3 is 14.9 Å². The number of rotatable bonds is 4. The Kier molecular flexibility index (Phi) is 3.22. The maximum absolute atomic E-state index is 5.55. The lowest BCUT2D eigenvalue weighted by Crippen LogP contribution is -1.96. The SMILES string of the molecule is CCOc1ccc(-c2ncoc2CN)cc1. The Balaban J connectivity index is 2.27. The Morgan fingerprint density at radius 1 is 1.31 bits per heavy atom. The highest BCUT2D eigenvalue weighted by Gasteiger charge is 2.08. The second kappa shape index (κ2) is 4.81. The summed E-state index contributed by atoms with van der Waals surface area (Å²) >= 11 is 0. The molecule has 0 bridgehead atoms. The summed E-state index contributed by atoms with van der Waals surface area (Å²) in [5.41, 5.74) is 7.33. The number of oxazole rings is 1. The van der Waals surface area contributed by atoms with E-state index >= 15 is 0 Å². The minimum Gasteiger partial charge on any atom is -0.494 e. The van der Waals surface area contributed by atoms with E-state index in [1.165, 1.54) is 6.39 Å². The Morgan fingerprint density at radius 3 is 2.69 bits per heavy atom. The van der Waals surface area contributed by atoms with Crippen LogP contribution in [0, 0.1) is 0 Å². The summed E-state index contributed by atoms with van der Waals surface area (Å²) in [5, 5.41) is 0. The maximum Gasteiger partial charge on any atom is 0.181 e. The summed E-state index contributed by atoms with van der Waals surface area (Å²) in [6.45, 7) is 2.97. The van der Waals surface area contributed by atoms with Crippen molar-refractivity contribution in [2.24, 2.45) is 5.73 Å². The van der Waals surface area contributed by atoms with Gasteiger partial charge in [0.25, 0.3) is 0 Å². The Labute approximate surface area is 94.1 Å². The topological polar surface area (TPSA) is 61.3 Å². The molecule has 1 aromatic heterocycles. The highest BCUT2D eigenvalue weighted by Crippen LogP contribution is 2.24. The van der Waals surface area contributed by atoms with Crippen molar-refractivity contribution in [2.75, 3.05) is 6.61 Å². The van der Waals surface area contributed by atoms with E-state index in [0.717, 1.165) is 17.0 Å². The fourth-order valence-electron chi connectivity index (χ4n) is 1.53. The van der Waals surface area contributed by atoms with Crippen LogP contribution in [0.3, 0.4) is 0 Å². The summed E-state index contributed by atoms with van der Waals surface area (Å²) < 4.78 is 10.5. The van der Waals surface area contributed by atoms with Crippen molar-refractivity contribution in [3.05, 3.63) is 36.4 Å². The second-order valence-corrected chi connectivity index (χ2v) is 3.29.